The number of fused-ring (bicyclic) bond motifs is 1. The van der Waals surface area contributed by atoms with Crippen LogP contribution in [0.2, 0.25) is 0 Å². The van der Waals surface area contributed by atoms with Crippen molar-refractivity contribution in [3.05, 3.63) is 40.7 Å². The van der Waals surface area contributed by atoms with Crippen LogP contribution in [-0.4, -0.2) is 30.3 Å². The Morgan fingerprint density at radius 3 is 2.77 bits per heavy atom. The van der Waals surface area contributed by atoms with Gasteiger partial charge < -0.3 is 24.5 Å². The number of carbonyl (C=O) groups is 2. The lowest BCUT2D eigenvalue weighted by Crippen LogP contribution is -2.12. The first-order valence-corrected chi connectivity index (χ1v) is 8.54. The summed E-state index contributed by atoms with van der Waals surface area (Å²) in [4.78, 5) is 27.3. The minimum absolute atomic E-state index is 0.110. The summed E-state index contributed by atoms with van der Waals surface area (Å²) in [6, 6.07) is 5.28. The van der Waals surface area contributed by atoms with Gasteiger partial charge >= 0.3 is 5.97 Å². The van der Waals surface area contributed by atoms with Gasteiger partial charge in [0.25, 0.3) is 0 Å². The first-order chi connectivity index (χ1) is 12.5. The summed E-state index contributed by atoms with van der Waals surface area (Å²) in [5.41, 5.74) is 3.79. The Morgan fingerprint density at radius 1 is 1.23 bits per heavy atom. The summed E-state index contributed by atoms with van der Waals surface area (Å²) in [6.07, 6.45) is 0.834. The summed E-state index contributed by atoms with van der Waals surface area (Å²) in [5.74, 6) is 0.818. The molecule has 0 atom stereocenters. The van der Waals surface area contributed by atoms with E-state index in [1.807, 2.05) is 13.8 Å². The van der Waals surface area contributed by atoms with E-state index in [0.717, 1.165) is 16.8 Å². The molecule has 1 aliphatic rings. The number of hydrogen-bond acceptors (Lipinski definition) is 5. The number of H-pyrrole nitrogens is 1. The molecule has 0 unspecified atom stereocenters. The molecule has 26 heavy (non-hydrogen) atoms. The number of aromatic nitrogens is 1. The number of amides is 1. The molecule has 2 N–H and O–H groups in total. The highest BCUT2D eigenvalue weighted by atomic mass is 16.7. The minimum atomic E-state index is -0.371. The van der Waals surface area contributed by atoms with E-state index in [-0.39, 0.29) is 18.7 Å². The molecular weight excluding hydrogens is 336 g/mol. The lowest BCUT2D eigenvalue weighted by molar-refractivity contribution is -0.116. The monoisotopic (exact) mass is 358 g/mol. The number of anilines is 1. The number of aromatic amines is 1. The number of carbonyl (C=O) groups excluding carboxylic acids is 2. The summed E-state index contributed by atoms with van der Waals surface area (Å²) in [5, 5.41) is 2.85. The van der Waals surface area contributed by atoms with Gasteiger partial charge in [-0.05, 0) is 50.5 Å². The zero-order valence-corrected chi connectivity index (χ0v) is 15.1. The SMILES string of the molecule is CCOC(=O)c1[nH]c(C)c(CCC(=O)Nc2ccc3c(c2)OCO3)c1C. The normalized spacial score (nSPS) is 12.1. The number of ether oxygens (including phenoxy) is 3. The number of hydrogen-bond donors (Lipinski definition) is 2. The number of esters is 1. The summed E-state index contributed by atoms with van der Waals surface area (Å²) >= 11 is 0. The Hall–Kier alpha value is -2.96. The molecule has 1 amide bonds. The molecule has 3 rings (SSSR count). The molecule has 0 radical (unpaired) electrons. The third kappa shape index (κ3) is 3.66. The molecule has 0 saturated carbocycles. The summed E-state index contributed by atoms with van der Waals surface area (Å²) < 4.78 is 15.6. The fourth-order valence-electron chi connectivity index (χ4n) is 3.01. The van der Waals surface area contributed by atoms with Crippen molar-refractivity contribution in [3.63, 3.8) is 0 Å². The average molecular weight is 358 g/mol. The van der Waals surface area contributed by atoms with Crippen LogP contribution in [0.15, 0.2) is 18.2 Å². The van der Waals surface area contributed by atoms with E-state index in [1.165, 1.54) is 0 Å². The molecule has 0 bridgehead atoms. The van der Waals surface area contributed by atoms with Crippen molar-refractivity contribution >= 4 is 17.6 Å². The molecule has 2 aromatic rings. The Bertz CT molecular complexity index is 841. The maximum atomic E-state index is 12.3. The van der Waals surface area contributed by atoms with Crippen LogP contribution in [0.4, 0.5) is 5.69 Å². The molecule has 0 aliphatic carbocycles. The fourth-order valence-corrected chi connectivity index (χ4v) is 3.01. The van der Waals surface area contributed by atoms with Gasteiger partial charge in [0, 0.05) is 23.9 Å². The van der Waals surface area contributed by atoms with E-state index in [9.17, 15) is 9.59 Å². The molecule has 7 heteroatoms. The Labute approximate surface area is 151 Å². The van der Waals surface area contributed by atoms with Crippen LogP contribution < -0.4 is 14.8 Å². The van der Waals surface area contributed by atoms with Gasteiger partial charge in [-0.1, -0.05) is 0 Å². The van der Waals surface area contributed by atoms with E-state index in [4.69, 9.17) is 14.2 Å². The smallest absolute Gasteiger partial charge is 0.355 e. The van der Waals surface area contributed by atoms with Crippen molar-refractivity contribution in [2.45, 2.75) is 33.6 Å². The van der Waals surface area contributed by atoms with Gasteiger partial charge in [-0.25, -0.2) is 4.79 Å². The molecule has 1 aliphatic heterocycles. The molecule has 1 aromatic heterocycles. The van der Waals surface area contributed by atoms with E-state index in [2.05, 4.69) is 10.3 Å². The summed E-state index contributed by atoms with van der Waals surface area (Å²) in [6.45, 7) is 6.04. The first-order valence-electron chi connectivity index (χ1n) is 8.54. The maximum absolute atomic E-state index is 12.3. The average Bonchev–Trinajstić information content (AvgIpc) is 3.17. The van der Waals surface area contributed by atoms with E-state index < -0.39 is 0 Å². The van der Waals surface area contributed by atoms with Crippen molar-refractivity contribution in [2.75, 3.05) is 18.7 Å². The molecule has 7 nitrogen and oxygen atoms in total. The predicted molar refractivity (Wildman–Crippen MR) is 95.7 cm³/mol. The predicted octanol–water partition coefficient (Wildman–Crippen LogP) is 3.11. The van der Waals surface area contributed by atoms with Crippen molar-refractivity contribution in [2.24, 2.45) is 0 Å². The number of rotatable bonds is 6. The molecule has 2 heterocycles. The van der Waals surface area contributed by atoms with E-state index in [0.29, 0.717) is 42.3 Å². The number of benzene rings is 1. The number of nitrogens with one attached hydrogen (secondary N) is 2. The van der Waals surface area contributed by atoms with Gasteiger partial charge in [0.2, 0.25) is 12.7 Å². The topological polar surface area (TPSA) is 89.7 Å². The van der Waals surface area contributed by atoms with E-state index in [1.54, 1.807) is 25.1 Å². The minimum Gasteiger partial charge on any atom is -0.461 e. The third-order valence-corrected chi connectivity index (χ3v) is 4.33. The maximum Gasteiger partial charge on any atom is 0.355 e. The highest BCUT2D eigenvalue weighted by Gasteiger charge is 2.19. The lowest BCUT2D eigenvalue weighted by Gasteiger charge is -2.07. The largest absolute Gasteiger partial charge is 0.461 e. The molecular formula is C19H22N2O5. The molecule has 0 fully saturated rings. The summed E-state index contributed by atoms with van der Waals surface area (Å²) in [7, 11) is 0. The second kappa shape index (κ2) is 7.51. The van der Waals surface area contributed by atoms with Gasteiger partial charge in [0.05, 0.1) is 6.61 Å². The van der Waals surface area contributed by atoms with Crippen molar-refractivity contribution < 1.29 is 23.8 Å². The van der Waals surface area contributed by atoms with Crippen LogP contribution >= 0.6 is 0 Å². The van der Waals surface area contributed by atoms with Crippen LogP contribution in [0.1, 0.15) is 40.7 Å². The van der Waals surface area contributed by atoms with Crippen molar-refractivity contribution in [1.82, 2.24) is 4.98 Å². The second-order valence-electron chi connectivity index (χ2n) is 6.07. The highest BCUT2D eigenvalue weighted by molar-refractivity contribution is 5.92. The fraction of sp³-hybridized carbons (Fsp3) is 0.368. The van der Waals surface area contributed by atoms with Crippen LogP contribution in [0.3, 0.4) is 0 Å². The molecule has 0 spiro atoms. The quantitative estimate of drug-likeness (QED) is 0.775. The lowest BCUT2D eigenvalue weighted by atomic mass is 10.0. The van der Waals surface area contributed by atoms with Crippen LogP contribution in [0.5, 0.6) is 11.5 Å². The first kappa shape index (κ1) is 17.8. The molecule has 138 valence electrons. The van der Waals surface area contributed by atoms with Crippen LogP contribution in [0, 0.1) is 13.8 Å². The molecule has 0 saturated heterocycles. The van der Waals surface area contributed by atoms with Gasteiger partial charge in [-0.3, -0.25) is 4.79 Å². The van der Waals surface area contributed by atoms with E-state index >= 15 is 0 Å². The van der Waals surface area contributed by atoms with Gasteiger partial charge in [-0.15, -0.1) is 0 Å². The van der Waals surface area contributed by atoms with Crippen molar-refractivity contribution in [3.8, 4) is 11.5 Å². The van der Waals surface area contributed by atoms with Gasteiger partial charge in [-0.2, -0.15) is 0 Å². The van der Waals surface area contributed by atoms with Crippen LogP contribution in [0.25, 0.3) is 0 Å². The second-order valence-corrected chi connectivity index (χ2v) is 6.07. The Balaban J connectivity index is 1.62. The number of aryl methyl sites for hydroxylation is 1. The molecule has 1 aromatic carbocycles. The Morgan fingerprint density at radius 2 is 2.00 bits per heavy atom. The van der Waals surface area contributed by atoms with Crippen molar-refractivity contribution in [1.29, 1.82) is 0 Å². The van der Waals surface area contributed by atoms with Crippen LogP contribution in [-0.2, 0) is 16.0 Å². The van der Waals surface area contributed by atoms with Gasteiger partial charge in [0.1, 0.15) is 5.69 Å². The Kier molecular flexibility index (Phi) is 5.16. The van der Waals surface area contributed by atoms with Gasteiger partial charge in [0.15, 0.2) is 11.5 Å². The zero-order valence-electron chi connectivity index (χ0n) is 15.1. The highest BCUT2D eigenvalue weighted by Crippen LogP contribution is 2.34. The third-order valence-electron chi connectivity index (χ3n) is 4.33. The zero-order chi connectivity index (χ0) is 18.7. The standard InChI is InChI=1S/C19H22N2O5/c1-4-24-19(23)18-11(2)14(12(3)20-18)6-8-17(22)21-13-5-7-15-16(9-13)26-10-25-15/h5,7,9,20H,4,6,8,10H2,1-3H3,(H,21,22).